The Morgan fingerprint density at radius 3 is 2.94 bits per heavy atom. The highest BCUT2D eigenvalue weighted by molar-refractivity contribution is 7.80. The first-order valence-electron chi connectivity index (χ1n) is 4.89. The molecule has 0 unspecified atom stereocenters. The van der Waals surface area contributed by atoms with Crippen LogP contribution >= 0.6 is 12.2 Å². The predicted molar refractivity (Wildman–Crippen MR) is 68.9 cm³/mol. The van der Waals surface area contributed by atoms with E-state index in [0.29, 0.717) is 21.9 Å². The number of pyridine rings is 1. The minimum atomic E-state index is -0.224. The first-order chi connectivity index (χ1) is 8.10. The summed E-state index contributed by atoms with van der Waals surface area (Å²) in [6, 6.07) is 0. The van der Waals surface area contributed by atoms with E-state index in [1.165, 1.54) is 12.4 Å². The molecular weight excluding hydrogens is 240 g/mol. The van der Waals surface area contributed by atoms with Gasteiger partial charge in [0.1, 0.15) is 5.75 Å². The Labute approximate surface area is 104 Å². The molecule has 1 heterocycles. The zero-order chi connectivity index (χ0) is 12.8. The smallest absolute Gasteiger partial charge is 0.186 e. The number of aryl methyl sites for hydroxylation is 1. The van der Waals surface area contributed by atoms with Crippen LogP contribution in [0.1, 0.15) is 16.8 Å². The summed E-state index contributed by atoms with van der Waals surface area (Å²) in [5, 5.41) is 25.8. The van der Waals surface area contributed by atoms with E-state index in [-0.39, 0.29) is 12.4 Å². The molecule has 0 saturated heterocycles. The van der Waals surface area contributed by atoms with Crippen molar-refractivity contribution >= 4 is 23.5 Å². The molecule has 0 saturated carbocycles. The largest absolute Gasteiger partial charge is 0.505 e. The molecule has 0 bridgehead atoms. The molecule has 0 aliphatic rings. The number of thiocarbonyl (C=S) groups is 1. The van der Waals surface area contributed by atoms with Gasteiger partial charge in [0.15, 0.2) is 5.11 Å². The number of rotatable bonds is 3. The van der Waals surface area contributed by atoms with E-state index < -0.39 is 0 Å². The van der Waals surface area contributed by atoms with Gasteiger partial charge >= 0.3 is 0 Å². The lowest BCUT2D eigenvalue weighted by molar-refractivity contribution is 0.280. The van der Waals surface area contributed by atoms with Gasteiger partial charge in [0.05, 0.1) is 18.5 Å². The van der Waals surface area contributed by atoms with Gasteiger partial charge in [-0.2, -0.15) is 5.10 Å². The average Bonchev–Trinajstić information content (AvgIpc) is 2.34. The second-order valence-electron chi connectivity index (χ2n) is 3.24. The third kappa shape index (κ3) is 3.36. The number of aliphatic hydroxyl groups is 1. The zero-order valence-corrected chi connectivity index (χ0v) is 10.4. The fraction of sp³-hybridized carbons (Fsp3) is 0.300. The molecular formula is C10H14N4O2S. The summed E-state index contributed by atoms with van der Waals surface area (Å²) in [7, 11) is 1.66. The molecule has 92 valence electrons. The van der Waals surface area contributed by atoms with Crippen LogP contribution in [-0.4, -0.2) is 33.6 Å². The highest BCUT2D eigenvalue weighted by atomic mass is 32.1. The second-order valence-corrected chi connectivity index (χ2v) is 3.65. The minimum absolute atomic E-state index is 0.00234. The van der Waals surface area contributed by atoms with Gasteiger partial charge in [-0.1, -0.05) is 0 Å². The summed E-state index contributed by atoms with van der Waals surface area (Å²) in [4.78, 5) is 3.94. The Bertz CT molecular complexity index is 448. The van der Waals surface area contributed by atoms with Crippen LogP contribution in [0, 0.1) is 6.92 Å². The van der Waals surface area contributed by atoms with Crippen molar-refractivity contribution in [1.29, 1.82) is 0 Å². The molecule has 1 aromatic rings. The highest BCUT2D eigenvalue weighted by Crippen LogP contribution is 2.21. The first kappa shape index (κ1) is 13.3. The third-order valence-corrected chi connectivity index (χ3v) is 2.41. The number of aromatic nitrogens is 1. The van der Waals surface area contributed by atoms with Gasteiger partial charge in [-0.25, -0.2) is 0 Å². The van der Waals surface area contributed by atoms with Crippen LogP contribution < -0.4 is 10.7 Å². The molecule has 0 atom stereocenters. The molecule has 17 heavy (non-hydrogen) atoms. The number of aliphatic hydroxyl groups excluding tert-OH is 1. The fourth-order valence-electron chi connectivity index (χ4n) is 1.13. The van der Waals surface area contributed by atoms with Gasteiger partial charge in [0, 0.05) is 24.4 Å². The van der Waals surface area contributed by atoms with Crippen molar-refractivity contribution in [3.05, 3.63) is 23.0 Å². The molecule has 4 N–H and O–H groups in total. The molecule has 0 amide bonds. The van der Waals surface area contributed by atoms with Crippen LogP contribution in [-0.2, 0) is 6.61 Å². The molecule has 6 nitrogen and oxygen atoms in total. The summed E-state index contributed by atoms with van der Waals surface area (Å²) in [5.74, 6) is -0.00234. The molecule has 1 aromatic heterocycles. The van der Waals surface area contributed by atoms with E-state index in [0.717, 1.165) is 0 Å². The molecule has 0 fully saturated rings. The molecule has 7 heteroatoms. The van der Waals surface area contributed by atoms with Crippen molar-refractivity contribution in [2.24, 2.45) is 5.10 Å². The first-order valence-corrected chi connectivity index (χ1v) is 5.30. The van der Waals surface area contributed by atoms with Crippen LogP contribution in [0.2, 0.25) is 0 Å². The van der Waals surface area contributed by atoms with E-state index in [1.54, 1.807) is 14.0 Å². The van der Waals surface area contributed by atoms with E-state index in [9.17, 15) is 5.11 Å². The van der Waals surface area contributed by atoms with E-state index >= 15 is 0 Å². The monoisotopic (exact) mass is 254 g/mol. The lowest BCUT2D eigenvalue weighted by Crippen LogP contribution is -2.28. The van der Waals surface area contributed by atoms with Crippen LogP contribution in [0.3, 0.4) is 0 Å². The van der Waals surface area contributed by atoms with Crippen LogP contribution in [0.4, 0.5) is 0 Å². The van der Waals surface area contributed by atoms with Crippen LogP contribution in [0.5, 0.6) is 5.75 Å². The van der Waals surface area contributed by atoms with E-state index in [2.05, 4.69) is 20.8 Å². The lowest BCUT2D eigenvalue weighted by Gasteiger charge is -2.07. The molecule has 0 aromatic carbocycles. The number of aromatic hydroxyl groups is 1. The Hall–Kier alpha value is -1.73. The van der Waals surface area contributed by atoms with Crippen molar-refractivity contribution in [3.63, 3.8) is 0 Å². The van der Waals surface area contributed by atoms with Gasteiger partial charge in [-0.05, 0) is 19.1 Å². The Morgan fingerprint density at radius 1 is 1.65 bits per heavy atom. The SMILES string of the molecule is CNC(=S)N/N=C\c1c(CO)cnc(C)c1O. The summed E-state index contributed by atoms with van der Waals surface area (Å²) >= 11 is 4.83. The van der Waals surface area contributed by atoms with Crippen LogP contribution in [0.15, 0.2) is 11.3 Å². The Balaban J connectivity index is 2.96. The average molecular weight is 254 g/mol. The molecule has 0 aliphatic heterocycles. The predicted octanol–water partition coefficient (Wildman–Crippen LogP) is 0.0157. The maximum absolute atomic E-state index is 9.79. The van der Waals surface area contributed by atoms with E-state index in [1.807, 2.05) is 0 Å². The van der Waals surface area contributed by atoms with Crippen molar-refractivity contribution < 1.29 is 10.2 Å². The van der Waals surface area contributed by atoms with Gasteiger partial charge in [-0.15, -0.1) is 0 Å². The quantitative estimate of drug-likeness (QED) is 0.345. The molecule has 1 rings (SSSR count). The number of nitrogens with zero attached hydrogens (tertiary/aromatic N) is 2. The van der Waals surface area contributed by atoms with Crippen molar-refractivity contribution in [2.75, 3.05) is 7.05 Å². The number of hydrazone groups is 1. The highest BCUT2D eigenvalue weighted by Gasteiger charge is 2.08. The molecule has 0 aliphatic carbocycles. The summed E-state index contributed by atoms with van der Waals surface area (Å²) in [6.07, 6.45) is 2.88. The fourth-order valence-corrected chi connectivity index (χ4v) is 1.19. The standard InChI is InChI=1S/C10H14N4O2S/c1-6-9(16)8(7(5-15)3-12-6)4-13-14-10(17)11-2/h3-4,15-16H,5H2,1-2H3,(H2,11,14,17)/b13-4-. The lowest BCUT2D eigenvalue weighted by atomic mass is 10.1. The Morgan fingerprint density at radius 2 is 2.35 bits per heavy atom. The number of hydrogen-bond acceptors (Lipinski definition) is 5. The molecule has 0 spiro atoms. The maximum atomic E-state index is 9.79. The normalized spacial score (nSPS) is 10.5. The number of nitrogens with one attached hydrogen (secondary N) is 2. The van der Waals surface area contributed by atoms with Gasteiger partial charge in [-0.3, -0.25) is 10.4 Å². The summed E-state index contributed by atoms with van der Waals surface area (Å²) in [5.41, 5.74) is 3.94. The van der Waals surface area contributed by atoms with Crippen molar-refractivity contribution in [3.8, 4) is 5.75 Å². The van der Waals surface area contributed by atoms with Crippen molar-refractivity contribution in [1.82, 2.24) is 15.7 Å². The second kappa shape index (κ2) is 6.12. The van der Waals surface area contributed by atoms with E-state index in [4.69, 9.17) is 17.3 Å². The van der Waals surface area contributed by atoms with Gasteiger partial charge in [0.25, 0.3) is 0 Å². The Kier molecular flexibility index (Phi) is 4.80. The molecule has 0 radical (unpaired) electrons. The maximum Gasteiger partial charge on any atom is 0.186 e. The van der Waals surface area contributed by atoms with Crippen LogP contribution in [0.25, 0.3) is 0 Å². The minimum Gasteiger partial charge on any atom is -0.505 e. The zero-order valence-electron chi connectivity index (χ0n) is 9.56. The number of hydrogen-bond donors (Lipinski definition) is 4. The topological polar surface area (TPSA) is 89.8 Å². The van der Waals surface area contributed by atoms with Gasteiger partial charge in [0.2, 0.25) is 0 Å². The van der Waals surface area contributed by atoms with Crippen molar-refractivity contribution in [2.45, 2.75) is 13.5 Å². The third-order valence-electron chi connectivity index (χ3n) is 2.11. The summed E-state index contributed by atoms with van der Waals surface area (Å²) in [6.45, 7) is 1.44. The summed E-state index contributed by atoms with van der Waals surface area (Å²) < 4.78 is 0. The van der Waals surface area contributed by atoms with Gasteiger partial charge < -0.3 is 15.5 Å².